The van der Waals surface area contributed by atoms with E-state index in [9.17, 15) is 0 Å². The lowest BCUT2D eigenvalue weighted by Gasteiger charge is -2.40. The maximum Gasteiger partial charge on any atom is 0.0910 e. The molecule has 0 fully saturated rings. The summed E-state index contributed by atoms with van der Waals surface area (Å²) in [6.45, 7) is 2.29. The van der Waals surface area contributed by atoms with Crippen molar-refractivity contribution in [2.45, 2.75) is 50.7 Å². The highest BCUT2D eigenvalue weighted by Crippen LogP contribution is 2.43. The van der Waals surface area contributed by atoms with Gasteiger partial charge in [-0.15, -0.1) is 0 Å². The first-order valence-corrected chi connectivity index (χ1v) is 8.08. The first-order chi connectivity index (χ1) is 10.2. The lowest BCUT2D eigenvalue weighted by molar-refractivity contribution is -0.103. The molecule has 2 aromatic rings. The number of benzene rings is 2. The summed E-state index contributed by atoms with van der Waals surface area (Å²) >= 11 is 0. The van der Waals surface area contributed by atoms with Gasteiger partial charge in [0.1, 0.15) is 0 Å². The van der Waals surface area contributed by atoms with Crippen LogP contribution in [0.4, 0.5) is 0 Å². The predicted octanol–water partition coefficient (Wildman–Crippen LogP) is 4.42. The minimum atomic E-state index is -0.0838. The van der Waals surface area contributed by atoms with Crippen LogP contribution in [-0.4, -0.2) is 6.10 Å². The van der Waals surface area contributed by atoms with Crippen LogP contribution in [0.15, 0.2) is 48.5 Å². The van der Waals surface area contributed by atoms with Gasteiger partial charge >= 0.3 is 0 Å². The van der Waals surface area contributed by atoms with Gasteiger partial charge in [0.2, 0.25) is 0 Å². The van der Waals surface area contributed by atoms with Crippen molar-refractivity contribution in [2.24, 2.45) is 0 Å². The highest BCUT2D eigenvalue weighted by atomic mass is 16.5. The molecule has 0 spiro atoms. The molecule has 108 valence electrons. The van der Waals surface area contributed by atoms with Gasteiger partial charge in [0.05, 0.1) is 11.7 Å². The van der Waals surface area contributed by atoms with Crippen molar-refractivity contribution in [3.05, 3.63) is 70.8 Å². The van der Waals surface area contributed by atoms with Gasteiger partial charge < -0.3 is 4.74 Å². The predicted molar refractivity (Wildman–Crippen MR) is 85.5 cm³/mol. The topological polar surface area (TPSA) is 9.23 Å². The molecule has 1 heteroatoms. The molecule has 0 radical (unpaired) electrons. The second-order valence-electron chi connectivity index (χ2n) is 6.66. The maximum absolute atomic E-state index is 6.58. The summed E-state index contributed by atoms with van der Waals surface area (Å²) in [4.78, 5) is 0. The summed E-state index contributed by atoms with van der Waals surface area (Å²) < 4.78 is 6.58. The van der Waals surface area contributed by atoms with Crippen LogP contribution in [0.5, 0.6) is 0 Å². The van der Waals surface area contributed by atoms with E-state index in [-0.39, 0.29) is 5.60 Å². The zero-order valence-electron chi connectivity index (χ0n) is 12.6. The summed E-state index contributed by atoms with van der Waals surface area (Å²) in [6, 6.07) is 17.5. The Hall–Kier alpha value is -1.60. The van der Waals surface area contributed by atoms with E-state index in [0.717, 1.165) is 19.3 Å². The van der Waals surface area contributed by atoms with Crippen LogP contribution in [0.25, 0.3) is 0 Å². The molecule has 2 aliphatic rings. The number of rotatable bonds is 2. The smallest absolute Gasteiger partial charge is 0.0910 e. The van der Waals surface area contributed by atoms with E-state index in [1.54, 1.807) is 11.1 Å². The molecule has 2 aromatic carbocycles. The molecule has 1 heterocycles. The van der Waals surface area contributed by atoms with Gasteiger partial charge in [-0.25, -0.2) is 0 Å². The van der Waals surface area contributed by atoms with Crippen LogP contribution < -0.4 is 0 Å². The summed E-state index contributed by atoms with van der Waals surface area (Å²) in [6.07, 6.45) is 5.97. The van der Waals surface area contributed by atoms with E-state index < -0.39 is 0 Å². The van der Waals surface area contributed by atoms with Gasteiger partial charge in [-0.1, -0.05) is 48.5 Å². The Labute approximate surface area is 127 Å². The standard InChI is InChI=1S/C20H22O/c1-20-12-6-10-16-9-5-11-19(20)18(16)14-17(21-20)13-15-7-3-2-4-8-15/h2-5,7-9,11,17H,6,10,12-14H2,1H3/t17?,20-/m0/s1. The molecule has 1 aliphatic carbocycles. The lowest BCUT2D eigenvalue weighted by atomic mass is 9.83. The van der Waals surface area contributed by atoms with E-state index in [2.05, 4.69) is 55.5 Å². The Morgan fingerprint density at radius 3 is 2.81 bits per heavy atom. The summed E-state index contributed by atoms with van der Waals surface area (Å²) in [5.41, 5.74) is 5.87. The highest BCUT2D eigenvalue weighted by Gasteiger charge is 2.39. The van der Waals surface area contributed by atoms with Crippen molar-refractivity contribution < 1.29 is 4.74 Å². The zero-order valence-corrected chi connectivity index (χ0v) is 12.6. The second-order valence-corrected chi connectivity index (χ2v) is 6.66. The monoisotopic (exact) mass is 278 g/mol. The van der Waals surface area contributed by atoms with Crippen LogP contribution in [-0.2, 0) is 29.6 Å². The molecule has 0 amide bonds. The first kappa shape index (κ1) is 13.1. The third kappa shape index (κ3) is 2.30. The van der Waals surface area contributed by atoms with Crippen molar-refractivity contribution in [1.82, 2.24) is 0 Å². The fourth-order valence-electron chi connectivity index (χ4n) is 4.11. The van der Waals surface area contributed by atoms with Gasteiger partial charge in [-0.05, 0) is 61.3 Å². The highest BCUT2D eigenvalue weighted by molar-refractivity contribution is 5.42. The molecule has 0 N–H and O–H groups in total. The van der Waals surface area contributed by atoms with Crippen LogP contribution in [0.2, 0.25) is 0 Å². The minimum absolute atomic E-state index is 0.0838. The van der Waals surface area contributed by atoms with E-state index in [0.29, 0.717) is 6.10 Å². The van der Waals surface area contributed by atoms with Crippen molar-refractivity contribution in [3.8, 4) is 0 Å². The van der Waals surface area contributed by atoms with E-state index in [1.807, 2.05) is 0 Å². The fourth-order valence-corrected chi connectivity index (χ4v) is 4.11. The van der Waals surface area contributed by atoms with E-state index >= 15 is 0 Å². The van der Waals surface area contributed by atoms with Gasteiger partial charge in [-0.3, -0.25) is 0 Å². The summed E-state index contributed by atoms with van der Waals surface area (Å²) in [7, 11) is 0. The lowest BCUT2D eigenvalue weighted by Crippen LogP contribution is -2.38. The summed E-state index contributed by atoms with van der Waals surface area (Å²) in [5.74, 6) is 0. The molecule has 1 aliphatic heterocycles. The normalized spacial score (nSPS) is 27.2. The van der Waals surface area contributed by atoms with Gasteiger partial charge in [0.15, 0.2) is 0 Å². The molecule has 4 bridgehead atoms. The Bertz CT molecular complexity index is 646. The van der Waals surface area contributed by atoms with Crippen LogP contribution in [0.3, 0.4) is 0 Å². The summed E-state index contributed by atoms with van der Waals surface area (Å²) in [5, 5.41) is 0. The maximum atomic E-state index is 6.58. The Kier molecular flexibility index (Phi) is 3.11. The van der Waals surface area contributed by atoms with Crippen molar-refractivity contribution in [2.75, 3.05) is 0 Å². The van der Waals surface area contributed by atoms with E-state index in [1.165, 1.54) is 24.0 Å². The van der Waals surface area contributed by atoms with Crippen LogP contribution >= 0.6 is 0 Å². The molecule has 2 atom stereocenters. The van der Waals surface area contributed by atoms with Crippen LogP contribution in [0.1, 0.15) is 42.0 Å². The molecule has 21 heavy (non-hydrogen) atoms. The molecule has 1 unspecified atom stereocenters. The number of ether oxygens (including phenoxy) is 1. The number of hydrogen-bond acceptors (Lipinski definition) is 1. The van der Waals surface area contributed by atoms with Gasteiger partial charge in [0, 0.05) is 0 Å². The van der Waals surface area contributed by atoms with Crippen LogP contribution in [0, 0.1) is 0 Å². The third-order valence-corrected chi connectivity index (χ3v) is 5.11. The van der Waals surface area contributed by atoms with Crippen molar-refractivity contribution >= 4 is 0 Å². The second kappa shape index (κ2) is 4.99. The molecule has 1 nitrogen and oxygen atoms in total. The Balaban J connectivity index is 1.69. The zero-order chi connectivity index (χ0) is 14.3. The van der Waals surface area contributed by atoms with Gasteiger partial charge in [0.25, 0.3) is 0 Å². The minimum Gasteiger partial charge on any atom is -0.367 e. The molecule has 0 saturated carbocycles. The van der Waals surface area contributed by atoms with Crippen molar-refractivity contribution in [1.29, 1.82) is 0 Å². The quantitative estimate of drug-likeness (QED) is 0.790. The number of aryl methyl sites for hydroxylation is 1. The molecule has 0 saturated heterocycles. The first-order valence-electron chi connectivity index (χ1n) is 8.08. The molecular weight excluding hydrogens is 256 g/mol. The SMILES string of the molecule is C[C@]12CCCc3cccc1c3CC(Cc1ccccc1)O2. The van der Waals surface area contributed by atoms with Gasteiger partial charge in [-0.2, -0.15) is 0 Å². The molecule has 4 rings (SSSR count). The largest absolute Gasteiger partial charge is 0.367 e. The average Bonchev–Trinajstić information content (AvgIpc) is 2.55. The average molecular weight is 278 g/mol. The molecular formula is C20H22O. The number of hydrogen-bond donors (Lipinski definition) is 0. The molecule has 0 aromatic heterocycles. The fraction of sp³-hybridized carbons (Fsp3) is 0.400. The Morgan fingerprint density at radius 2 is 1.95 bits per heavy atom. The van der Waals surface area contributed by atoms with E-state index in [4.69, 9.17) is 4.74 Å². The third-order valence-electron chi connectivity index (χ3n) is 5.11. The Morgan fingerprint density at radius 1 is 1.10 bits per heavy atom. The van der Waals surface area contributed by atoms with Crippen molar-refractivity contribution in [3.63, 3.8) is 0 Å².